The van der Waals surface area contributed by atoms with Crippen LogP contribution in [0, 0.1) is 13.8 Å². The molecule has 0 bridgehead atoms. The van der Waals surface area contributed by atoms with Gasteiger partial charge < -0.3 is 33.5 Å². The number of aryl methyl sites for hydroxylation is 2. The number of rotatable bonds is 7. The molecule has 1 aromatic carbocycles. The molecule has 1 aliphatic heterocycles. The van der Waals surface area contributed by atoms with Crippen molar-refractivity contribution in [2.45, 2.75) is 64.8 Å². The van der Waals surface area contributed by atoms with Crippen LogP contribution in [0.15, 0.2) is 18.5 Å². The van der Waals surface area contributed by atoms with Crippen LogP contribution in [0.2, 0.25) is 0 Å². The summed E-state index contributed by atoms with van der Waals surface area (Å²) in [5.74, 6) is 0. The van der Waals surface area contributed by atoms with Crippen molar-refractivity contribution in [2.24, 2.45) is 0 Å². The van der Waals surface area contributed by atoms with Gasteiger partial charge in [-0.05, 0) is 50.5 Å². The summed E-state index contributed by atoms with van der Waals surface area (Å²) < 4.78 is 18.4. The van der Waals surface area contributed by atoms with Crippen molar-refractivity contribution in [1.82, 2.24) is 9.55 Å². The van der Waals surface area contributed by atoms with Gasteiger partial charge in [0.2, 0.25) is 0 Å². The van der Waals surface area contributed by atoms with E-state index in [1.54, 1.807) is 10.9 Å². The van der Waals surface area contributed by atoms with Gasteiger partial charge in [-0.15, -0.1) is 0 Å². The molecule has 0 aliphatic carbocycles. The van der Waals surface area contributed by atoms with Gasteiger partial charge in [0.05, 0.1) is 30.1 Å². The van der Waals surface area contributed by atoms with Crippen molar-refractivity contribution in [3.8, 4) is 0 Å². The van der Waals surface area contributed by atoms with Gasteiger partial charge in [-0.25, -0.2) is 4.98 Å². The standard InChI is InChI=1S/C18H27N2O6P/c1-5-12(4)25-27(23)26-17-15(8-21)24-18(16(17)22)20-9-19-13-6-10(2)11(3)7-14(13)20/h6-7,9,12,15-18,21-23H,5,8H2,1-4H3/t12-,15-,16-,17-,18+,27?/m1/s1. The van der Waals surface area contributed by atoms with Crippen LogP contribution in [0.25, 0.3) is 11.0 Å². The van der Waals surface area contributed by atoms with Gasteiger partial charge in [-0.3, -0.25) is 0 Å². The Morgan fingerprint density at radius 2 is 2.04 bits per heavy atom. The van der Waals surface area contributed by atoms with Gasteiger partial charge in [-0.1, -0.05) is 6.92 Å². The second kappa shape index (κ2) is 8.49. The zero-order chi connectivity index (χ0) is 19.7. The predicted molar refractivity (Wildman–Crippen MR) is 101 cm³/mol. The van der Waals surface area contributed by atoms with E-state index in [4.69, 9.17) is 13.8 Å². The van der Waals surface area contributed by atoms with E-state index in [9.17, 15) is 15.1 Å². The summed E-state index contributed by atoms with van der Waals surface area (Å²) in [6.45, 7) is 7.43. The highest BCUT2D eigenvalue weighted by atomic mass is 31.2. The third-order valence-corrected chi connectivity index (χ3v) is 5.97. The molecule has 0 radical (unpaired) electrons. The number of benzene rings is 1. The minimum absolute atomic E-state index is 0.173. The van der Waals surface area contributed by atoms with E-state index in [0.29, 0.717) is 0 Å². The molecule has 3 rings (SSSR count). The monoisotopic (exact) mass is 398 g/mol. The Balaban J connectivity index is 1.83. The lowest BCUT2D eigenvalue weighted by Gasteiger charge is -2.23. The number of imidazole rings is 1. The lowest BCUT2D eigenvalue weighted by Crippen LogP contribution is -2.35. The van der Waals surface area contributed by atoms with Gasteiger partial charge in [0.15, 0.2) is 6.23 Å². The molecule has 150 valence electrons. The first-order valence-electron chi connectivity index (χ1n) is 9.06. The van der Waals surface area contributed by atoms with Gasteiger partial charge in [0.1, 0.15) is 18.3 Å². The van der Waals surface area contributed by atoms with Crippen molar-refractivity contribution in [1.29, 1.82) is 0 Å². The predicted octanol–water partition coefficient (Wildman–Crippen LogP) is 2.32. The van der Waals surface area contributed by atoms with Crippen LogP contribution in [0.4, 0.5) is 0 Å². The van der Waals surface area contributed by atoms with Crippen LogP contribution >= 0.6 is 8.60 Å². The molecule has 2 heterocycles. The zero-order valence-electron chi connectivity index (χ0n) is 15.9. The highest BCUT2D eigenvalue weighted by molar-refractivity contribution is 7.40. The fraction of sp³-hybridized carbons (Fsp3) is 0.611. The average molecular weight is 398 g/mol. The molecule has 1 saturated heterocycles. The van der Waals surface area contributed by atoms with Gasteiger partial charge in [0.25, 0.3) is 0 Å². The third-order valence-electron chi connectivity index (χ3n) is 5.01. The second-order valence-electron chi connectivity index (χ2n) is 6.95. The van der Waals surface area contributed by atoms with E-state index < -0.39 is 33.1 Å². The Morgan fingerprint density at radius 1 is 1.33 bits per heavy atom. The molecule has 3 N–H and O–H groups in total. The number of nitrogens with zero attached hydrogens (tertiary/aromatic N) is 2. The average Bonchev–Trinajstić information content (AvgIpc) is 3.16. The highest BCUT2D eigenvalue weighted by Crippen LogP contribution is 2.43. The van der Waals surface area contributed by atoms with E-state index in [0.717, 1.165) is 28.6 Å². The van der Waals surface area contributed by atoms with Crippen molar-refractivity contribution < 1.29 is 28.9 Å². The normalized spacial score (nSPS) is 28.0. The number of fused-ring (bicyclic) bond motifs is 1. The van der Waals surface area contributed by atoms with Crippen LogP contribution in [0.1, 0.15) is 37.6 Å². The molecule has 0 spiro atoms. The minimum Gasteiger partial charge on any atom is -0.394 e. The van der Waals surface area contributed by atoms with E-state index in [1.165, 1.54) is 0 Å². The van der Waals surface area contributed by atoms with Crippen molar-refractivity contribution in [3.63, 3.8) is 0 Å². The second-order valence-corrected chi connectivity index (χ2v) is 7.84. The van der Waals surface area contributed by atoms with E-state index in [-0.39, 0.29) is 12.7 Å². The molecule has 27 heavy (non-hydrogen) atoms. The van der Waals surface area contributed by atoms with E-state index in [2.05, 4.69) is 4.98 Å². The third kappa shape index (κ3) is 4.17. The number of hydrogen-bond donors (Lipinski definition) is 3. The van der Waals surface area contributed by atoms with Gasteiger partial charge in [0, 0.05) is 0 Å². The largest absolute Gasteiger partial charge is 0.394 e. The maximum absolute atomic E-state index is 10.8. The molecule has 0 saturated carbocycles. The molecule has 9 heteroatoms. The Kier molecular flexibility index (Phi) is 6.48. The lowest BCUT2D eigenvalue weighted by molar-refractivity contribution is -0.0505. The smallest absolute Gasteiger partial charge is 0.330 e. The highest BCUT2D eigenvalue weighted by Gasteiger charge is 2.47. The SMILES string of the molecule is CC[C@@H](C)OP(O)O[C@H]1[C@@H](O)[C@@H](n2cnc3cc(C)c(C)cc32)O[C@@H]1CO. The quantitative estimate of drug-likeness (QED) is 0.615. The summed E-state index contributed by atoms with van der Waals surface area (Å²) in [5, 5.41) is 20.4. The fourth-order valence-electron chi connectivity index (χ4n) is 3.07. The Morgan fingerprint density at radius 3 is 2.70 bits per heavy atom. The van der Waals surface area contributed by atoms with Crippen LogP contribution < -0.4 is 0 Å². The van der Waals surface area contributed by atoms with Crippen molar-refractivity contribution >= 4 is 19.6 Å². The van der Waals surface area contributed by atoms with Crippen LogP contribution in [0.3, 0.4) is 0 Å². The molecule has 0 amide bonds. The molecule has 6 atom stereocenters. The van der Waals surface area contributed by atoms with Crippen molar-refractivity contribution in [2.75, 3.05) is 6.61 Å². The summed E-state index contributed by atoms with van der Waals surface area (Å²) in [4.78, 5) is 14.4. The number of ether oxygens (including phenoxy) is 1. The summed E-state index contributed by atoms with van der Waals surface area (Å²) >= 11 is 0. The number of aliphatic hydroxyl groups is 2. The lowest BCUT2D eigenvalue weighted by atomic mass is 10.1. The Hall–Kier alpha value is -1.12. The zero-order valence-corrected chi connectivity index (χ0v) is 16.8. The first kappa shape index (κ1) is 20.6. The number of aromatic nitrogens is 2. The number of hydrogen-bond acceptors (Lipinski definition) is 7. The molecule has 1 aromatic heterocycles. The molecule has 8 nitrogen and oxygen atoms in total. The molecule has 1 unspecified atom stereocenters. The summed E-state index contributed by atoms with van der Waals surface area (Å²) in [6, 6.07) is 3.97. The number of aliphatic hydroxyl groups excluding tert-OH is 2. The van der Waals surface area contributed by atoms with Gasteiger partial charge in [-0.2, -0.15) is 0 Å². The van der Waals surface area contributed by atoms with Crippen molar-refractivity contribution in [3.05, 3.63) is 29.6 Å². The van der Waals surface area contributed by atoms with E-state index >= 15 is 0 Å². The van der Waals surface area contributed by atoms with Crippen LogP contribution in [-0.4, -0.2) is 55.7 Å². The molecule has 2 aromatic rings. The maximum atomic E-state index is 10.8. The molecule has 1 aliphatic rings. The fourth-order valence-corrected chi connectivity index (χ4v) is 4.04. The summed E-state index contributed by atoms with van der Waals surface area (Å²) in [6.07, 6.45) is -1.43. The van der Waals surface area contributed by atoms with Crippen LogP contribution in [-0.2, 0) is 13.8 Å². The van der Waals surface area contributed by atoms with E-state index in [1.807, 2.05) is 39.8 Å². The first-order chi connectivity index (χ1) is 12.8. The molecular formula is C18H27N2O6P. The summed E-state index contributed by atoms with van der Waals surface area (Å²) in [7, 11) is -2.19. The van der Waals surface area contributed by atoms with Gasteiger partial charge >= 0.3 is 8.60 Å². The summed E-state index contributed by atoms with van der Waals surface area (Å²) in [5.41, 5.74) is 3.84. The Labute approximate surface area is 159 Å². The Bertz CT molecular complexity index is 785. The minimum atomic E-state index is -2.19. The maximum Gasteiger partial charge on any atom is 0.330 e. The first-order valence-corrected chi connectivity index (χ1v) is 10.2. The molecular weight excluding hydrogens is 371 g/mol. The molecule has 1 fully saturated rings. The topological polar surface area (TPSA) is 106 Å². The van der Waals surface area contributed by atoms with Crippen LogP contribution in [0.5, 0.6) is 0 Å².